The van der Waals surface area contributed by atoms with Crippen molar-refractivity contribution >= 4 is 11.8 Å². The number of hydrogen-bond acceptors (Lipinski definition) is 3. The molecule has 2 aliphatic rings. The second kappa shape index (κ2) is 6.19. The van der Waals surface area contributed by atoms with Crippen LogP contribution in [0, 0.1) is 5.92 Å². The Morgan fingerprint density at radius 2 is 2.21 bits per heavy atom. The van der Waals surface area contributed by atoms with Crippen LogP contribution >= 0.6 is 11.8 Å². The third-order valence-electron chi connectivity index (χ3n) is 4.16. The Kier molecular flexibility index (Phi) is 4.34. The summed E-state index contributed by atoms with van der Waals surface area (Å²) in [5.74, 6) is 2.95. The van der Waals surface area contributed by atoms with Crippen LogP contribution in [0.2, 0.25) is 0 Å². The molecule has 1 saturated heterocycles. The summed E-state index contributed by atoms with van der Waals surface area (Å²) in [5.41, 5.74) is 1.34. The lowest BCUT2D eigenvalue weighted by Crippen LogP contribution is -2.37. The van der Waals surface area contributed by atoms with Gasteiger partial charge in [-0.05, 0) is 24.7 Å². The van der Waals surface area contributed by atoms with E-state index in [1.807, 2.05) is 0 Å². The lowest BCUT2D eigenvalue weighted by molar-refractivity contribution is 0.188. The van der Waals surface area contributed by atoms with Gasteiger partial charge in [-0.2, -0.15) is 11.8 Å². The van der Waals surface area contributed by atoms with Crippen LogP contribution in [0.15, 0.2) is 24.3 Å². The first kappa shape index (κ1) is 13.3. The van der Waals surface area contributed by atoms with Crippen LogP contribution < -0.4 is 10.1 Å². The Labute approximate surface area is 120 Å². The van der Waals surface area contributed by atoms with Crippen LogP contribution in [0.25, 0.3) is 0 Å². The van der Waals surface area contributed by atoms with Crippen LogP contribution in [0.1, 0.15) is 37.8 Å². The topological polar surface area (TPSA) is 21.3 Å². The highest BCUT2D eigenvalue weighted by Crippen LogP contribution is 2.35. The molecule has 3 heteroatoms. The van der Waals surface area contributed by atoms with E-state index in [9.17, 15) is 0 Å². The molecule has 0 saturated carbocycles. The Morgan fingerprint density at radius 3 is 3.05 bits per heavy atom. The van der Waals surface area contributed by atoms with Gasteiger partial charge in [-0.25, -0.2) is 0 Å². The largest absolute Gasteiger partial charge is 0.493 e. The van der Waals surface area contributed by atoms with E-state index in [-0.39, 0.29) is 0 Å². The highest BCUT2D eigenvalue weighted by molar-refractivity contribution is 7.99. The molecule has 0 amide bonds. The first-order valence-electron chi connectivity index (χ1n) is 7.41. The van der Waals surface area contributed by atoms with Gasteiger partial charge in [-0.15, -0.1) is 0 Å². The molecular formula is C16H23NOS. The lowest BCUT2D eigenvalue weighted by Gasteiger charge is -2.33. The number of rotatable bonds is 3. The molecule has 104 valence electrons. The van der Waals surface area contributed by atoms with Gasteiger partial charge in [0, 0.05) is 29.3 Å². The number of para-hydroxylation sites is 1. The average Bonchev–Trinajstić information content (AvgIpc) is 2.47. The molecule has 0 bridgehead atoms. The van der Waals surface area contributed by atoms with Crippen LogP contribution in [-0.2, 0) is 0 Å². The quantitative estimate of drug-likeness (QED) is 0.911. The molecule has 1 aromatic rings. The third-order valence-corrected chi connectivity index (χ3v) is 5.56. The molecule has 3 unspecified atom stereocenters. The smallest absolute Gasteiger partial charge is 0.124 e. The zero-order chi connectivity index (χ0) is 13.1. The minimum absolute atomic E-state index is 0.451. The first-order chi connectivity index (χ1) is 9.34. The minimum Gasteiger partial charge on any atom is -0.493 e. The van der Waals surface area contributed by atoms with E-state index >= 15 is 0 Å². The summed E-state index contributed by atoms with van der Waals surface area (Å²) in [6.45, 7) is 4.24. The SMILES string of the molecule is CC1COc2ccccc2C1NCC1CCCCS1. The monoisotopic (exact) mass is 277 g/mol. The molecule has 3 rings (SSSR count). The summed E-state index contributed by atoms with van der Waals surface area (Å²) in [6.07, 6.45) is 4.17. The average molecular weight is 277 g/mol. The van der Waals surface area contributed by atoms with Crippen LogP contribution in [-0.4, -0.2) is 24.2 Å². The highest BCUT2D eigenvalue weighted by atomic mass is 32.2. The second-order valence-corrected chi connectivity index (χ2v) is 7.11. The summed E-state index contributed by atoms with van der Waals surface area (Å²) in [5, 5.41) is 4.60. The molecule has 2 nitrogen and oxygen atoms in total. The summed E-state index contributed by atoms with van der Waals surface area (Å²) < 4.78 is 5.81. The van der Waals surface area contributed by atoms with Gasteiger partial charge >= 0.3 is 0 Å². The third kappa shape index (κ3) is 3.09. The number of benzene rings is 1. The van der Waals surface area contributed by atoms with E-state index in [4.69, 9.17) is 4.74 Å². The molecule has 0 spiro atoms. The van der Waals surface area contributed by atoms with Crippen molar-refractivity contribution < 1.29 is 4.74 Å². The van der Waals surface area contributed by atoms with Gasteiger partial charge in [0.15, 0.2) is 0 Å². The highest BCUT2D eigenvalue weighted by Gasteiger charge is 2.28. The number of ether oxygens (including phenoxy) is 1. The van der Waals surface area contributed by atoms with E-state index < -0.39 is 0 Å². The van der Waals surface area contributed by atoms with Crippen molar-refractivity contribution in [3.05, 3.63) is 29.8 Å². The van der Waals surface area contributed by atoms with E-state index in [2.05, 4.69) is 48.3 Å². The van der Waals surface area contributed by atoms with E-state index in [1.54, 1.807) is 0 Å². The van der Waals surface area contributed by atoms with Crippen molar-refractivity contribution in [3.63, 3.8) is 0 Å². The van der Waals surface area contributed by atoms with Gasteiger partial charge in [0.1, 0.15) is 5.75 Å². The Bertz CT molecular complexity index is 417. The van der Waals surface area contributed by atoms with Crippen molar-refractivity contribution in [1.29, 1.82) is 0 Å². The van der Waals surface area contributed by atoms with Crippen LogP contribution in [0.5, 0.6) is 5.75 Å². The molecule has 1 aromatic carbocycles. The maximum atomic E-state index is 5.81. The fourth-order valence-corrected chi connectivity index (χ4v) is 4.28. The fourth-order valence-electron chi connectivity index (χ4n) is 3.03. The molecule has 0 aromatic heterocycles. The maximum Gasteiger partial charge on any atom is 0.124 e. The normalized spacial score (nSPS) is 30.5. The van der Waals surface area contributed by atoms with Crippen molar-refractivity contribution in [2.75, 3.05) is 18.9 Å². The van der Waals surface area contributed by atoms with Gasteiger partial charge in [0.25, 0.3) is 0 Å². The van der Waals surface area contributed by atoms with Crippen LogP contribution in [0.3, 0.4) is 0 Å². The Morgan fingerprint density at radius 1 is 1.32 bits per heavy atom. The molecule has 2 aliphatic heterocycles. The predicted octanol–water partition coefficient (Wildman–Crippen LogP) is 3.63. The maximum absolute atomic E-state index is 5.81. The number of thioether (sulfide) groups is 1. The number of fused-ring (bicyclic) bond motifs is 1. The first-order valence-corrected chi connectivity index (χ1v) is 8.46. The minimum atomic E-state index is 0.451. The van der Waals surface area contributed by atoms with Gasteiger partial charge in [-0.3, -0.25) is 0 Å². The van der Waals surface area contributed by atoms with Gasteiger partial charge in [0.2, 0.25) is 0 Å². The Balaban J connectivity index is 1.65. The molecule has 0 aliphatic carbocycles. The predicted molar refractivity (Wildman–Crippen MR) is 81.9 cm³/mol. The molecule has 19 heavy (non-hydrogen) atoms. The summed E-state index contributed by atoms with van der Waals surface area (Å²) in [7, 11) is 0. The van der Waals surface area contributed by atoms with Crippen molar-refractivity contribution in [1.82, 2.24) is 5.32 Å². The van der Waals surface area contributed by atoms with Gasteiger partial charge in [0.05, 0.1) is 6.61 Å². The van der Waals surface area contributed by atoms with E-state index in [0.717, 1.165) is 24.2 Å². The number of hydrogen-bond donors (Lipinski definition) is 1. The lowest BCUT2D eigenvalue weighted by atomic mass is 9.92. The van der Waals surface area contributed by atoms with Crippen molar-refractivity contribution in [3.8, 4) is 5.75 Å². The molecule has 1 fully saturated rings. The zero-order valence-electron chi connectivity index (χ0n) is 11.6. The molecule has 1 N–H and O–H groups in total. The van der Waals surface area contributed by atoms with Crippen molar-refractivity contribution in [2.24, 2.45) is 5.92 Å². The summed E-state index contributed by atoms with van der Waals surface area (Å²) in [4.78, 5) is 0. The van der Waals surface area contributed by atoms with Crippen molar-refractivity contribution in [2.45, 2.75) is 37.5 Å². The van der Waals surface area contributed by atoms with Crippen LogP contribution in [0.4, 0.5) is 0 Å². The summed E-state index contributed by atoms with van der Waals surface area (Å²) >= 11 is 2.14. The van der Waals surface area contributed by atoms with E-state index in [0.29, 0.717) is 12.0 Å². The second-order valence-electron chi connectivity index (χ2n) is 5.70. The molecule has 3 atom stereocenters. The molecule has 2 heterocycles. The summed E-state index contributed by atoms with van der Waals surface area (Å²) in [6, 6.07) is 8.92. The van der Waals surface area contributed by atoms with Gasteiger partial charge < -0.3 is 10.1 Å². The zero-order valence-corrected chi connectivity index (χ0v) is 12.4. The standard InChI is InChI=1S/C16H23NOS/c1-12-11-18-15-8-3-2-7-14(15)16(12)17-10-13-6-4-5-9-19-13/h2-3,7-8,12-13,16-17H,4-6,9-11H2,1H3. The van der Waals surface area contributed by atoms with E-state index in [1.165, 1.54) is 30.6 Å². The fraction of sp³-hybridized carbons (Fsp3) is 0.625. The Hall–Kier alpha value is -0.670. The number of nitrogens with one attached hydrogen (secondary N) is 1. The molecule has 0 radical (unpaired) electrons. The van der Waals surface area contributed by atoms with Gasteiger partial charge in [-0.1, -0.05) is 31.5 Å². The molecular weight excluding hydrogens is 254 g/mol.